The zero-order chi connectivity index (χ0) is 28.0. The summed E-state index contributed by atoms with van der Waals surface area (Å²) in [5.74, 6) is 0.356. The Hall–Kier alpha value is -4.32. The quantitative estimate of drug-likeness (QED) is 0.289. The van der Waals surface area contributed by atoms with Crippen LogP contribution < -0.4 is 10.1 Å². The molecule has 1 fully saturated rings. The van der Waals surface area contributed by atoms with Crippen LogP contribution in [0.5, 0.6) is 5.75 Å². The summed E-state index contributed by atoms with van der Waals surface area (Å²) in [5.41, 5.74) is -0.104. The third kappa shape index (κ3) is 7.00. The fourth-order valence-corrected chi connectivity index (χ4v) is 4.46. The number of hydrogen-bond acceptors (Lipinski definition) is 7. The van der Waals surface area contributed by atoms with Gasteiger partial charge in [0, 0.05) is 31.3 Å². The van der Waals surface area contributed by atoms with Crippen molar-refractivity contribution in [2.75, 3.05) is 25.1 Å². The molecule has 2 aromatic heterocycles. The average molecular weight is 553 g/mol. The number of nitrogens with one attached hydrogen (secondary N) is 2. The van der Waals surface area contributed by atoms with Gasteiger partial charge in [0.15, 0.2) is 0 Å². The molecule has 1 saturated heterocycles. The van der Waals surface area contributed by atoms with Crippen molar-refractivity contribution in [3.63, 3.8) is 0 Å². The Morgan fingerprint density at radius 2 is 1.98 bits per heavy atom. The van der Waals surface area contributed by atoms with Gasteiger partial charge >= 0.3 is 6.18 Å². The minimum absolute atomic E-state index is 0.00107. The highest BCUT2D eigenvalue weighted by atomic mass is 19.4. The minimum atomic E-state index is -4.63. The molecule has 0 aliphatic carbocycles. The molecule has 208 valence electrons. The Morgan fingerprint density at radius 3 is 2.75 bits per heavy atom. The van der Waals surface area contributed by atoms with Gasteiger partial charge in [0.1, 0.15) is 23.7 Å². The van der Waals surface area contributed by atoms with Crippen molar-refractivity contribution < 1.29 is 27.4 Å². The largest absolute Gasteiger partial charge is 0.494 e. The predicted molar refractivity (Wildman–Crippen MR) is 140 cm³/mol. The van der Waals surface area contributed by atoms with E-state index in [1.165, 1.54) is 18.2 Å². The first-order valence-corrected chi connectivity index (χ1v) is 12.9. The normalized spacial score (nSPS) is 15.5. The van der Waals surface area contributed by atoms with Gasteiger partial charge in [0.05, 0.1) is 17.9 Å². The summed E-state index contributed by atoms with van der Waals surface area (Å²) in [6, 6.07) is 14.4. The number of halogens is 3. The number of benzene rings is 2. The first kappa shape index (κ1) is 27.3. The van der Waals surface area contributed by atoms with Crippen LogP contribution in [-0.4, -0.2) is 50.9 Å². The van der Waals surface area contributed by atoms with Gasteiger partial charge in [-0.3, -0.25) is 9.89 Å². The molecule has 0 spiro atoms. The van der Waals surface area contributed by atoms with Crippen molar-refractivity contribution in [1.82, 2.24) is 25.1 Å². The van der Waals surface area contributed by atoms with Crippen LogP contribution >= 0.6 is 0 Å². The van der Waals surface area contributed by atoms with E-state index in [4.69, 9.17) is 9.47 Å². The lowest BCUT2D eigenvalue weighted by atomic mass is 9.99. The number of alkyl halides is 3. The minimum Gasteiger partial charge on any atom is -0.494 e. The number of aromatic nitrogens is 5. The summed E-state index contributed by atoms with van der Waals surface area (Å²) in [4.78, 5) is 25.0. The molecular formula is C28H27F3N6O3. The Kier molecular flexibility index (Phi) is 8.34. The lowest BCUT2D eigenvalue weighted by molar-refractivity contribution is -0.137. The Labute approximate surface area is 228 Å². The van der Waals surface area contributed by atoms with Crippen molar-refractivity contribution in [2.24, 2.45) is 5.92 Å². The Balaban J connectivity index is 1.30. The molecule has 1 aliphatic rings. The molecular weight excluding hydrogens is 525 g/mol. The third-order valence-corrected chi connectivity index (χ3v) is 6.48. The van der Waals surface area contributed by atoms with E-state index in [1.807, 2.05) is 30.3 Å². The first-order chi connectivity index (χ1) is 19.3. The van der Waals surface area contributed by atoms with E-state index in [2.05, 4.69) is 30.5 Å². The molecule has 5 rings (SSSR count). The van der Waals surface area contributed by atoms with E-state index in [0.717, 1.165) is 43.8 Å². The third-order valence-electron chi connectivity index (χ3n) is 6.48. The van der Waals surface area contributed by atoms with Crippen LogP contribution in [0.15, 0.2) is 60.9 Å². The highest BCUT2D eigenvalue weighted by Gasteiger charge is 2.34. The predicted octanol–water partition coefficient (Wildman–Crippen LogP) is 5.32. The average Bonchev–Trinajstić information content (AvgIpc) is 3.42. The molecule has 1 atom stereocenters. The Morgan fingerprint density at radius 1 is 1.12 bits per heavy atom. The van der Waals surface area contributed by atoms with Gasteiger partial charge in [0.2, 0.25) is 5.82 Å². The fourth-order valence-electron chi connectivity index (χ4n) is 4.46. The molecule has 0 radical (unpaired) electrons. The van der Waals surface area contributed by atoms with Gasteiger partial charge in [-0.15, -0.1) is 5.10 Å². The molecule has 3 heterocycles. The van der Waals surface area contributed by atoms with Crippen molar-refractivity contribution in [2.45, 2.75) is 31.9 Å². The van der Waals surface area contributed by atoms with Crippen molar-refractivity contribution in [1.29, 1.82) is 0 Å². The number of carbonyl (C=O) groups is 1. The van der Waals surface area contributed by atoms with E-state index >= 15 is 0 Å². The monoisotopic (exact) mass is 552 g/mol. The van der Waals surface area contributed by atoms with Gasteiger partial charge in [-0.25, -0.2) is 15.0 Å². The number of carbonyl (C=O) groups excluding carboxylic acids is 1. The van der Waals surface area contributed by atoms with E-state index in [1.54, 1.807) is 0 Å². The van der Waals surface area contributed by atoms with Crippen LogP contribution in [0.4, 0.5) is 19.0 Å². The second kappa shape index (κ2) is 12.2. The number of anilines is 1. The summed E-state index contributed by atoms with van der Waals surface area (Å²) in [6.45, 7) is 1.78. The molecule has 2 aromatic carbocycles. The molecule has 1 aliphatic heterocycles. The topological polar surface area (TPSA) is 115 Å². The second-order valence-electron chi connectivity index (χ2n) is 9.44. The summed E-state index contributed by atoms with van der Waals surface area (Å²) >= 11 is 0. The number of ether oxygens (including phenoxy) is 2. The van der Waals surface area contributed by atoms with Gasteiger partial charge in [0.25, 0.3) is 5.91 Å². The molecule has 9 nitrogen and oxygen atoms in total. The van der Waals surface area contributed by atoms with E-state index in [-0.39, 0.29) is 28.6 Å². The van der Waals surface area contributed by atoms with Gasteiger partial charge in [-0.2, -0.15) is 13.2 Å². The maximum Gasteiger partial charge on any atom is 0.417 e. The molecule has 4 aromatic rings. The lowest BCUT2D eigenvalue weighted by Crippen LogP contribution is -2.19. The summed E-state index contributed by atoms with van der Waals surface area (Å²) in [7, 11) is 0. The van der Waals surface area contributed by atoms with Crippen LogP contribution in [0.1, 0.15) is 46.8 Å². The van der Waals surface area contributed by atoms with Gasteiger partial charge in [-0.05, 0) is 48.9 Å². The maximum absolute atomic E-state index is 13.9. The first-order valence-electron chi connectivity index (χ1n) is 12.9. The molecule has 2 N–H and O–H groups in total. The summed E-state index contributed by atoms with van der Waals surface area (Å²) < 4.78 is 52.8. The highest BCUT2D eigenvalue weighted by molar-refractivity contribution is 6.01. The van der Waals surface area contributed by atoms with Crippen molar-refractivity contribution in [3.05, 3.63) is 83.7 Å². The fraction of sp³-hybridized carbons (Fsp3) is 0.321. The molecule has 0 bridgehead atoms. The van der Waals surface area contributed by atoms with E-state index in [0.29, 0.717) is 31.4 Å². The highest BCUT2D eigenvalue weighted by Crippen LogP contribution is 2.38. The molecule has 1 unspecified atom stereocenters. The smallest absolute Gasteiger partial charge is 0.417 e. The van der Waals surface area contributed by atoms with Gasteiger partial charge in [-0.1, -0.05) is 30.3 Å². The van der Waals surface area contributed by atoms with Crippen LogP contribution in [0.3, 0.4) is 0 Å². The van der Waals surface area contributed by atoms with Crippen LogP contribution in [0.25, 0.3) is 11.3 Å². The van der Waals surface area contributed by atoms with E-state index < -0.39 is 17.6 Å². The Bertz CT molecular complexity index is 1440. The van der Waals surface area contributed by atoms with Crippen molar-refractivity contribution in [3.8, 4) is 17.0 Å². The van der Waals surface area contributed by atoms with Crippen LogP contribution in [0.2, 0.25) is 0 Å². The molecule has 12 heteroatoms. The number of H-pyrrole nitrogens is 1. The summed E-state index contributed by atoms with van der Waals surface area (Å²) in [5, 5.41) is 9.20. The van der Waals surface area contributed by atoms with Crippen molar-refractivity contribution >= 4 is 11.7 Å². The molecule has 1 amide bonds. The lowest BCUT2D eigenvalue weighted by Gasteiger charge is -2.22. The zero-order valence-corrected chi connectivity index (χ0v) is 21.4. The number of amides is 1. The number of rotatable bonds is 9. The van der Waals surface area contributed by atoms with E-state index in [9.17, 15) is 18.0 Å². The van der Waals surface area contributed by atoms with Gasteiger partial charge < -0.3 is 14.8 Å². The second-order valence-corrected chi connectivity index (χ2v) is 9.44. The SMILES string of the molecule is O=C(Nc1cc(-c2cc(OCCC3CCCOC3)ccc2C(F)(F)F)ncn1)c1n[nH]c(Cc2ccccc2)n1. The van der Waals surface area contributed by atoms with Crippen LogP contribution in [-0.2, 0) is 17.3 Å². The number of aromatic amines is 1. The molecule has 40 heavy (non-hydrogen) atoms. The summed E-state index contributed by atoms with van der Waals surface area (Å²) in [6.07, 6.45) is -0.317. The van der Waals surface area contributed by atoms with Crippen LogP contribution in [0, 0.1) is 5.92 Å². The molecule has 0 saturated carbocycles. The number of hydrogen-bond donors (Lipinski definition) is 2. The number of nitrogens with zero attached hydrogens (tertiary/aromatic N) is 4. The standard InChI is InChI=1S/C28H27F3N6O3/c29-28(30,31)22-9-8-20(40-12-10-19-7-4-11-39-16-19)14-21(22)23-15-24(33-17-32-23)35-27(38)26-34-25(36-37-26)13-18-5-2-1-3-6-18/h1-3,5-6,8-9,14-15,17,19H,4,7,10-13,16H2,(H,34,36,37)(H,32,33,35,38). The maximum atomic E-state index is 13.9. The zero-order valence-electron chi connectivity index (χ0n) is 21.4.